The van der Waals surface area contributed by atoms with Gasteiger partial charge in [-0.3, -0.25) is 9.69 Å². The van der Waals surface area contributed by atoms with Crippen LogP contribution < -0.4 is 4.90 Å². The first-order chi connectivity index (χ1) is 13.2. The first-order valence-electron chi connectivity index (χ1n) is 8.29. The number of esters is 1. The molecule has 0 saturated heterocycles. The van der Waals surface area contributed by atoms with Gasteiger partial charge in [-0.05, 0) is 42.5 Å². The number of nitrogens with zero attached hydrogens (tertiary/aromatic N) is 1. The molecule has 1 amide bonds. The van der Waals surface area contributed by atoms with Gasteiger partial charge in [-0.25, -0.2) is 4.79 Å². The summed E-state index contributed by atoms with van der Waals surface area (Å²) in [7, 11) is 0. The van der Waals surface area contributed by atoms with Gasteiger partial charge in [0.05, 0.1) is 17.6 Å². The van der Waals surface area contributed by atoms with Crippen LogP contribution in [0.3, 0.4) is 0 Å². The molecule has 5 nitrogen and oxygen atoms in total. The lowest BCUT2D eigenvalue weighted by atomic mass is 10.2. The topological polar surface area (TPSA) is 59.8 Å². The summed E-state index contributed by atoms with van der Waals surface area (Å²) in [6.07, 6.45) is 4.24. The Kier molecular flexibility index (Phi) is 4.80. The van der Waals surface area contributed by atoms with Crippen LogP contribution in [0.25, 0.3) is 6.08 Å². The van der Waals surface area contributed by atoms with Crippen LogP contribution in [0, 0.1) is 0 Å². The van der Waals surface area contributed by atoms with Crippen LogP contribution in [0.5, 0.6) is 0 Å². The lowest BCUT2D eigenvalue weighted by Crippen LogP contribution is -2.32. The van der Waals surface area contributed by atoms with E-state index in [0.717, 1.165) is 21.2 Å². The van der Waals surface area contributed by atoms with Crippen molar-refractivity contribution in [2.75, 3.05) is 11.5 Å². The van der Waals surface area contributed by atoms with E-state index in [1.165, 1.54) is 18.4 Å². The quantitative estimate of drug-likeness (QED) is 0.489. The maximum Gasteiger partial charge on any atom is 0.331 e. The predicted octanol–water partition coefficient (Wildman–Crippen LogP) is 4.67. The number of hydrogen-bond donors (Lipinski definition) is 0. The third kappa shape index (κ3) is 3.66. The molecule has 27 heavy (non-hydrogen) atoms. The summed E-state index contributed by atoms with van der Waals surface area (Å²) in [6.45, 7) is -0.353. The largest absolute Gasteiger partial charge is 0.465 e. The Morgan fingerprint density at radius 2 is 1.63 bits per heavy atom. The molecule has 3 aromatic rings. The summed E-state index contributed by atoms with van der Waals surface area (Å²) in [5.74, 6) is -0.378. The van der Waals surface area contributed by atoms with E-state index in [4.69, 9.17) is 9.15 Å². The fourth-order valence-corrected chi connectivity index (χ4v) is 3.81. The zero-order valence-corrected chi connectivity index (χ0v) is 15.0. The summed E-state index contributed by atoms with van der Waals surface area (Å²) in [4.78, 5) is 28.3. The van der Waals surface area contributed by atoms with Crippen molar-refractivity contribution < 1.29 is 18.7 Å². The van der Waals surface area contributed by atoms with Crippen LogP contribution in [0.4, 0.5) is 11.4 Å². The molecule has 6 heteroatoms. The van der Waals surface area contributed by atoms with E-state index in [1.54, 1.807) is 28.8 Å². The highest BCUT2D eigenvalue weighted by Crippen LogP contribution is 2.47. The van der Waals surface area contributed by atoms with Crippen molar-refractivity contribution in [1.82, 2.24) is 0 Å². The predicted molar refractivity (Wildman–Crippen MR) is 103 cm³/mol. The molecule has 2 heterocycles. The minimum atomic E-state index is -0.604. The molecule has 0 unspecified atom stereocenters. The number of ether oxygens (including phenoxy) is 1. The van der Waals surface area contributed by atoms with Gasteiger partial charge in [0.2, 0.25) is 0 Å². The molecule has 0 N–H and O–H groups in total. The number of para-hydroxylation sites is 2. The number of anilines is 2. The van der Waals surface area contributed by atoms with Crippen LogP contribution in [0.1, 0.15) is 5.76 Å². The summed E-state index contributed by atoms with van der Waals surface area (Å²) in [6, 6.07) is 18.8. The van der Waals surface area contributed by atoms with Crippen molar-refractivity contribution in [2.45, 2.75) is 9.79 Å². The number of amides is 1. The molecule has 0 aliphatic carbocycles. The van der Waals surface area contributed by atoms with Crippen LogP contribution in [-0.4, -0.2) is 18.5 Å². The Morgan fingerprint density at radius 3 is 2.26 bits per heavy atom. The number of benzene rings is 2. The van der Waals surface area contributed by atoms with Crippen molar-refractivity contribution in [1.29, 1.82) is 0 Å². The molecule has 1 aliphatic rings. The highest BCUT2D eigenvalue weighted by atomic mass is 32.2. The number of hydrogen-bond acceptors (Lipinski definition) is 5. The highest BCUT2D eigenvalue weighted by molar-refractivity contribution is 7.99. The minimum absolute atomic E-state index is 0.310. The van der Waals surface area contributed by atoms with E-state index in [2.05, 4.69) is 0 Å². The number of furan rings is 1. The normalized spacial score (nSPS) is 12.5. The standard InChI is InChI=1S/C21H15NO4S/c23-20(14-26-21(24)12-11-15-6-5-13-25-15)22-16-7-1-3-9-18(16)27-19-10-4-2-8-17(19)22/h1-13H,14H2. The summed E-state index contributed by atoms with van der Waals surface area (Å²) < 4.78 is 10.2. The molecule has 0 bridgehead atoms. The van der Waals surface area contributed by atoms with Crippen molar-refractivity contribution in [3.05, 3.63) is 78.8 Å². The summed E-state index contributed by atoms with van der Waals surface area (Å²) in [5.41, 5.74) is 1.57. The second-order valence-electron chi connectivity index (χ2n) is 5.72. The van der Waals surface area contributed by atoms with Gasteiger partial charge >= 0.3 is 5.97 Å². The van der Waals surface area contributed by atoms with Crippen LogP contribution in [0.2, 0.25) is 0 Å². The SMILES string of the molecule is O=C(C=Cc1ccco1)OCC(=O)N1c2ccccc2Sc2ccccc21. The maximum absolute atomic E-state index is 12.9. The Morgan fingerprint density at radius 1 is 0.963 bits per heavy atom. The van der Waals surface area contributed by atoms with Gasteiger partial charge in [0, 0.05) is 15.9 Å². The van der Waals surface area contributed by atoms with Gasteiger partial charge < -0.3 is 9.15 Å². The average molecular weight is 377 g/mol. The lowest BCUT2D eigenvalue weighted by Gasteiger charge is -2.30. The zero-order chi connectivity index (χ0) is 18.6. The molecule has 0 saturated carbocycles. The van der Waals surface area contributed by atoms with E-state index in [-0.39, 0.29) is 12.5 Å². The number of carbonyl (C=O) groups excluding carboxylic acids is 2. The third-order valence-electron chi connectivity index (χ3n) is 3.95. The van der Waals surface area contributed by atoms with Gasteiger partial charge in [-0.1, -0.05) is 36.0 Å². The number of carbonyl (C=O) groups is 2. The Labute approximate surface area is 160 Å². The number of fused-ring (bicyclic) bond motifs is 2. The van der Waals surface area contributed by atoms with E-state index >= 15 is 0 Å². The van der Waals surface area contributed by atoms with E-state index in [0.29, 0.717) is 5.76 Å². The Hall–Kier alpha value is -3.25. The molecule has 134 valence electrons. The molecule has 2 aromatic carbocycles. The molecule has 0 atom stereocenters. The van der Waals surface area contributed by atoms with Gasteiger partial charge in [0.15, 0.2) is 6.61 Å². The Balaban J connectivity index is 1.51. The molecule has 1 aromatic heterocycles. The molecule has 4 rings (SSSR count). The highest BCUT2D eigenvalue weighted by Gasteiger charge is 2.28. The average Bonchev–Trinajstić information content (AvgIpc) is 3.22. The van der Waals surface area contributed by atoms with Crippen LogP contribution in [0.15, 0.2) is 87.2 Å². The molecular formula is C21H15NO4S. The number of rotatable bonds is 4. The van der Waals surface area contributed by atoms with Crippen molar-refractivity contribution >= 4 is 41.1 Å². The zero-order valence-electron chi connectivity index (χ0n) is 14.2. The van der Waals surface area contributed by atoms with Crippen molar-refractivity contribution in [2.24, 2.45) is 0 Å². The van der Waals surface area contributed by atoms with Crippen LogP contribution in [-0.2, 0) is 14.3 Å². The smallest absolute Gasteiger partial charge is 0.331 e. The first-order valence-corrected chi connectivity index (χ1v) is 9.11. The van der Waals surface area contributed by atoms with E-state index < -0.39 is 5.97 Å². The summed E-state index contributed by atoms with van der Waals surface area (Å²) >= 11 is 1.61. The first kappa shape index (κ1) is 17.2. The van der Waals surface area contributed by atoms with E-state index in [1.807, 2.05) is 48.5 Å². The third-order valence-corrected chi connectivity index (χ3v) is 5.08. The Bertz CT molecular complexity index is 965. The fraction of sp³-hybridized carbons (Fsp3) is 0.0476. The van der Waals surface area contributed by atoms with Crippen molar-refractivity contribution in [3.8, 4) is 0 Å². The molecule has 0 radical (unpaired) electrons. The summed E-state index contributed by atoms with van der Waals surface area (Å²) in [5, 5.41) is 0. The molecule has 1 aliphatic heterocycles. The molecule has 0 fully saturated rings. The van der Waals surface area contributed by atoms with Gasteiger partial charge in [0.25, 0.3) is 5.91 Å². The minimum Gasteiger partial charge on any atom is -0.465 e. The lowest BCUT2D eigenvalue weighted by molar-refractivity contribution is -0.142. The molecular weight excluding hydrogens is 362 g/mol. The maximum atomic E-state index is 12.9. The van der Waals surface area contributed by atoms with Gasteiger partial charge in [-0.2, -0.15) is 0 Å². The second kappa shape index (κ2) is 7.55. The monoisotopic (exact) mass is 377 g/mol. The van der Waals surface area contributed by atoms with Gasteiger partial charge in [0.1, 0.15) is 5.76 Å². The van der Waals surface area contributed by atoms with Crippen LogP contribution >= 0.6 is 11.8 Å². The van der Waals surface area contributed by atoms with Gasteiger partial charge in [-0.15, -0.1) is 0 Å². The van der Waals surface area contributed by atoms with E-state index in [9.17, 15) is 9.59 Å². The molecule has 0 spiro atoms. The fourth-order valence-electron chi connectivity index (χ4n) is 2.76. The second-order valence-corrected chi connectivity index (χ2v) is 6.81. The van der Waals surface area contributed by atoms with Crippen molar-refractivity contribution in [3.63, 3.8) is 0 Å².